The summed E-state index contributed by atoms with van der Waals surface area (Å²) in [6, 6.07) is 10.3. The number of hydrogen-bond acceptors (Lipinski definition) is 3. The molecule has 1 heterocycles. The van der Waals surface area contributed by atoms with E-state index in [1.807, 2.05) is 32.9 Å². The lowest BCUT2D eigenvalue weighted by Crippen LogP contribution is -2.25. The van der Waals surface area contributed by atoms with E-state index in [4.69, 9.17) is 0 Å². The van der Waals surface area contributed by atoms with E-state index in [9.17, 15) is 4.55 Å². The molecule has 1 unspecified atom stereocenters. The van der Waals surface area contributed by atoms with Crippen LogP contribution < -0.4 is 0 Å². The van der Waals surface area contributed by atoms with Crippen molar-refractivity contribution >= 4 is 39.0 Å². The lowest BCUT2D eigenvalue weighted by Gasteiger charge is -2.17. The molecule has 90 valence electrons. The Labute approximate surface area is 109 Å². The summed E-state index contributed by atoms with van der Waals surface area (Å²) in [4.78, 5) is 1.05. The average Bonchev–Trinajstić information content (AvgIpc) is 2.66. The van der Waals surface area contributed by atoms with Gasteiger partial charge < -0.3 is 4.55 Å². The van der Waals surface area contributed by atoms with Crippen molar-refractivity contribution in [2.45, 2.75) is 25.5 Å². The highest BCUT2D eigenvalue weighted by Gasteiger charge is 2.25. The number of thiophene rings is 1. The summed E-state index contributed by atoms with van der Waals surface area (Å²) in [6.45, 7) is 5.77. The van der Waals surface area contributed by atoms with E-state index >= 15 is 0 Å². The molecule has 2 nitrogen and oxygen atoms in total. The van der Waals surface area contributed by atoms with Crippen molar-refractivity contribution in [2.75, 3.05) is 0 Å². The SMILES string of the molecule is CC(C)(C)[S+]([O-])/N=C/c1cc2ccccc2s1. The Bertz CT molecular complexity index is 507. The molecule has 0 bridgehead atoms. The van der Waals surface area contributed by atoms with Gasteiger partial charge in [0.2, 0.25) is 0 Å². The fourth-order valence-electron chi connectivity index (χ4n) is 1.32. The van der Waals surface area contributed by atoms with Crippen LogP contribution in [0.4, 0.5) is 0 Å². The number of hydrogen-bond donors (Lipinski definition) is 0. The van der Waals surface area contributed by atoms with Crippen molar-refractivity contribution in [2.24, 2.45) is 4.40 Å². The molecule has 0 spiro atoms. The van der Waals surface area contributed by atoms with Crippen LogP contribution in [-0.4, -0.2) is 15.5 Å². The minimum absolute atomic E-state index is 0.298. The lowest BCUT2D eigenvalue weighted by molar-refractivity contribution is 0.562. The van der Waals surface area contributed by atoms with E-state index < -0.39 is 11.4 Å². The molecule has 4 heteroatoms. The Kier molecular flexibility index (Phi) is 3.56. The Morgan fingerprint density at radius 1 is 1.29 bits per heavy atom. The van der Waals surface area contributed by atoms with Gasteiger partial charge in [-0.2, -0.15) is 0 Å². The second-order valence-electron chi connectivity index (χ2n) is 4.78. The summed E-state index contributed by atoms with van der Waals surface area (Å²) in [6.07, 6.45) is 1.71. The van der Waals surface area contributed by atoms with Crippen LogP contribution in [0.3, 0.4) is 0 Å². The lowest BCUT2D eigenvalue weighted by atomic mass is 10.2. The molecule has 1 aromatic heterocycles. The molecule has 0 aliphatic heterocycles. The van der Waals surface area contributed by atoms with Crippen molar-refractivity contribution in [1.82, 2.24) is 0 Å². The molecule has 1 atom stereocenters. The zero-order chi connectivity index (χ0) is 12.5. The summed E-state index contributed by atoms with van der Waals surface area (Å²) in [5.41, 5.74) is 0. The molecule has 0 fully saturated rings. The maximum atomic E-state index is 11.8. The van der Waals surface area contributed by atoms with Crippen LogP contribution in [0.2, 0.25) is 0 Å². The molecular weight excluding hydrogens is 250 g/mol. The molecule has 1 aromatic carbocycles. The summed E-state index contributed by atoms with van der Waals surface area (Å²) < 4.78 is 16.8. The Morgan fingerprint density at radius 3 is 2.65 bits per heavy atom. The number of rotatable bonds is 2. The predicted octanol–water partition coefficient (Wildman–Crippen LogP) is 3.78. The van der Waals surface area contributed by atoms with Gasteiger partial charge >= 0.3 is 0 Å². The van der Waals surface area contributed by atoms with Gasteiger partial charge in [0.15, 0.2) is 0 Å². The molecule has 0 amide bonds. The van der Waals surface area contributed by atoms with Crippen LogP contribution >= 0.6 is 11.3 Å². The summed E-state index contributed by atoms with van der Waals surface area (Å²) in [5, 5.41) is 1.21. The van der Waals surface area contributed by atoms with Crippen LogP contribution in [-0.2, 0) is 11.4 Å². The average molecular weight is 265 g/mol. The topological polar surface area (TPSA) is 35.4 Å². The maximum Gasteiger partial charge on any atom is 0.144 e. The largest absolute Gasteiger partial charge is 0.591 e. The van der Waals surface area contributed by atoms with Gasteiger partial charge in [-0.25, -0.2) is 0 Å². The van der Waals surface area contributed by atoms with Crippen LogP contribution in [0.5, 0.6) is 0 Å². The monoisotopic (exact) mass is 265 g/mol. The molecule has 0 radical (unpaired) electrons. The predicted molar refractivity (Wildman–Crippen MR) is 77.3 cm³/mol. The van der Waals surface area contributed by atoms with Gasteiger partial charge in [-0.15, -0.1) is 11.3 Å². The van der Waals surface area contributed by atoms with Gasteiger partial charge in [-0.05, 0) is 38.3 Å². The Hall–Kier alpha value is -0.840. The number of fused-ring (bicyclic) bond motifs is 1. The van der Waals surface area contributed by atoms with E-state index in [0.717, 1.165) is 4.88 Å². The second kappa shape index (κ2) is 4.80. The van der Waals surface area contributed by atoms with Gasteiger partial charge in [0.1, 0.15) is 16.1 Å². The van der Waals surface area contributed by atoms with E-state index in [2.05, 4.69) is 22.6 Å². The minimum Gasteiger partial charge on any atom is -0.591 e. The van der Waals surface area contributed by atoms with E-state index in [1.54, 1.807) is 17.6 Å². The van der Waals surface area contributed by atoms with E-state index in [0.29, 0.717) is 0 Å². The van der Waals surface area contributed by atoms with Gasteiger partial charge in [0, 0.05) is 4.70 Å². The van der Waals surface area contributed by atoms with Gasteiger partial charge in [0.05, 0.1) is 11.1 Å². The highest BCUT2D eigenvalue weighted by atomic mass is 32.2. The van der Waals surface area contributed by atoms with Crippen molar-refractivity contribution in [1.29, 1.82) is 0 Å². The highest BCUT2D eigenvalue weighted by molar-refractivity contribution is 7.91. The van der Waals surface area contributed by atoms with Gasteiger partial charge in [0.25, 0.3) is 0 Å². The molecular formula is C13H15NOS2. The molecule has 2 aromatic rings. The molecule has 0 N–H and O–H groups in total. The summed E-state index contributed by atoms with van der Waals surface area (Å²) in [5.74, 6) is 0. The Morgan fingerprint density at radius 2 is 2.00 bits per heavy atom. The molecule has 0 aliphatic carbocycles. The van der Waals surface area contributed by atoms with Crippen LogP contribution in [0.15, 0.2) is 34.7 Å². The molecule has 0 saturated carbocycles. The first-order valence-electron chi connectivity index (χ1n) is 5.41. The number of benzene rings is 1. The van der Waals surface area contributed by atoms with E-state index in [1.165, 1.54) is 10.1 Å². The van der Waals surface area contributed by atoms with Crippen molar-refractivity contribution in [3.05, 3.63) is 35.2 Å². The summed E-state index contributed by atoms with van der Waals surface area (Å²) >= 11 is 0.483. The van der Waals surface area contributed by atoms with Crippen LogP contribution in [0.25, 0.3) is 10.1 Å². The smallest absolute Gasteiger partial charge is 0.144 e. The van der Waals surface area contributed by atoms with Crippen molar-refractivity contribution in [3.8, 4) is 0 Å². The third-order valence-corrected chi connectivity index (χ3v) is 4.64. The van der Waals surface area contributed by atoms with Crippen molar-refractivity contribution < 1.29 is 4.55 Å². The molecule has 0 saturated heterocycles. The van der Waals surface area contributed by atoms with Crippen LogP contribution in [0, 0.1) is 0 Å². The standard InChI is InChI=1S/C13H15NOS2/c1-13(2,3)17(15)14-9-11-8-10-6-4-5-7-12(10)16-11/h4-9H,1-3H3/b14-9+. The fraction of sp³-hybridized carbons (Fsp3) is 0.308. The molecule has 0 aliphatic rings. The van der Waals surface area contributed by atoms with Crippen LogP contribution in [0.1, 0.15) is 25.6 Å². The van der Waals surface area contributed by atoms with E-state index in [-0.39, 0.29) is 4.75 Å². The number of nitrogens with zero attached hydrogens (tertiary/aromatic N) is 1. The zero-order valence-corrected chi connectivity index (χ0v) is 11.8. The maximum absolute atomic E-state index is 11.8. The van der Waals surface area contributed by atoms with Crippen molar-refractivity contribution in [3.63, 3.8) is 0 Å². The first-order valence-corrected chi connectivity index (χ1v) is 7.34. The molecule has 17 heavy (non-hydrogen) atoms. The second-order valence-corrected chi connectivity index (χ2v) is 7.83. The fourth-order valence-corrected chi connectivity index (χ4v) is 2.85. The third kappa shape index (κ3) is 3.09. The first kappa shape index (κ1) is 12.6. The van der Waals surface area contributed by atoms with Gasteiger partial charge in [-0.3, -0.25) is 0 Å². The van der Waals surface area contributed by atoms with Gasteiger partial charge in [-0.1, -0.05) is 22.6 Å². The quantitative estimate of drug-likeness (QED) is 0.601. The highest BCUT2D eigenvalue weighted by Crippen LogP contribution is 2.24. The minimum atomic E-state index is -1.18. The zero-order valence-electron chi connectivity index (χ0n) is 10.1. The Balaban J connectivity index is 2.21. The summed E-state index contributed by atoms with van der Waals surface area (Å²) in [7, 11) is 0. The molecule has 2 rings (SSSR count). The third-order valence-electron chi connectivity index (χ3n) is 2.24. The normalized spacial score (nSPS) is 14.6. The first-order chi connectivity index (χ1) is 7.97.